The molecule has 0 heterocycles. The number of halogens is 1. The number of aryl methyl sites for hydroxylation is 1. The smallest absolute Gasteiger partial charge is 0.123 e. The van der Waals surface area contributed by atoms with E-state index in [1.807, 2.05) is 6.92 Å². The number of hydrogen-bond acceptors (Lipinski definition) is 1. The molecule has 1 rings (SSSR count). The van der Waals surface area contributed by atoms with Gasteiger partial charge in [0, 0.05) is 6.04 Å². The van der Waals surface area contributed by atoms with Gasteiger partial charge in [-0.1, -0.05) is 26.3 Å². The van der Waals surface area contributed by atoms with Gasteiger partial charge in [0.05, 0.1) is 0 Å². The van der Waals surface area contributed by atoms with Crippen molar-refractivity contribution < 1.29 is 4.39 Å². The molecule has 0 amide bonds. The van der Waals surface area contributed by atoms with Gasteiger partial charge in [-0.2, -0.15) is 0 Å². The highest BCUT2D eigenvalue weighted by Crippen LogP contribution is 2.20. The van der Waals surface area contributed by atoms with Crippen LogP contribution in [0, 0.1) is 12.7 Å². The van der Waals surface area contributed by atoms with Gasteiger partial charge in [0.2, 0.25) is 0 Å². The van der Waals surface area contributed by atoms with Crippen LogP contribution in [0.15, 0.2) is 18.2 Å². The third-order valence-corrected chi connectivity index (χ3v) is 2.68. The van der Waals surface area contributed by atoms with Crippen LogP contribution in [0.1, 0.15) is 50.3 Å². The first-order valence-electron chi connectivity index (χ1n) is 6.17. The Morgan fingerprint density at radius 2 is 1.94 bits per heavy atom. The molecule has 1 aromatic rings. The summed E-state index contributed by atoms with van der Waals surface area (Å²) in [6, 6.07) is 5.59. The largest absolute Gasteiger partial charge is 0.310 e. The van der Waals surface area contributed by atoms with E-state index in [0.717, 1.165) is 36.9 Å². The normalized spacial score (nSPS) is 12.8. The zero-order valence-electron chi connectivity index (χ0n) is 10.5. The van der Waals surface area contributed by atoms with E-state index in [9.17, 15) is 4.39 Å². The van der Waals surface area contributed by atoms with Gasteiger partial charge >= 0.3 is 0 Å². The summed E-state index contributed by atoms with van der Waals surface area (Å²) in [6.07, 6.45) is 3.27. The van der Waals surface area contributed by atoms with Crippen LogP contribution in [0.5, 0.6) is 0 Å². The highest BCUT2D eigenvalue weighted by molar-refractivity contribution is 5.26. The Hall–Kier alpha value is -0.890. The molecule has 1 atom stereocenters. The van der Waals surface area contributed by atoms with E-state index < -0.39 is 0 Å². The highest BCUT2D eigenvalue weighted by Gasteiger charge is 2.10. The first-order valence-corrected chi connectivity index (χ1v) is 6.17. The third kappa shape index (κ3) is 3.93. The molecule has 0 radical (unpaired) electrons. The second-order valence-electron chi connectivity index (χ2n) is 4.36. The van der Waals surface area contributed by atoms with Crippen molar-refractivity contribution in [1.82, 2.24) is 5.32 Å². The van der Waals surface area contributed by atoms with Gasteiger partial charge in [0.15, 0.2) is 0 Å². The molecule has 0 fully saturated rings. The second kappa shape index (κ2) is 6.64. The van der Waals surface area contributed by atoms with Gasteiger partial charge in [0.25, 0.3) is 0 Å². The molecule has 16 heavy (non-hydrogen) atoms. The molecular formula is C14H22FN. The molecule has 0 aromatic heterocycles. The van der Waals surface area contributed by atoms with Crippen LogP contribution in [0.2, 0.25) is 0 Å². The minimum absolute atomic E-state index is 0.130. The van der Waals surface area contributed by atoms with Gasteiger partial charge in [-0.05, 0) is 49.6 Å². The lowest BCUT2D eigenvalue weighted by Gasteiger charge is -2.18. The maximum atomic E-state index is 13.3. The minimum atomic E-state index is -0.130. The average molecular weight is 223 g/mol. The monoisotopic (exact) mass is 223 g/mol. The topological polar surface area (TPSA) is 12.0 Å². The summed E-state index contributed by atoms with van der Waals surface area (Å²) in [5.74, 6) is -0.130. The quantitative estimate of drug-likeness (QED) is 0.769. The Bertz CT molecular complexity index is 302. The number of nitrogens with one attached hydrogen (secondary N) is 1. The Morgan fingerprint density at radius 3 is 2.50 bits per heavy atom. The molecule has 0 aliphatic rings. The fourth-order valence-electron chi connectivity index (χ4n) is 1.96. The molecule has 2 heteroatoms. The van der Waals surface area contributed by atoms with E-state index in [1.54, 1.807) is 12.1 Å². The van der Waals surface area contributed by atoms with Crippen molar-refractivity contribution >= 4 is 0 Å². The Morgan fingerprint density at radius 1 is 1.19 bits per heavy atom. The van der Waals surface area contributed by atoms with Crippen LogP contribution >= 0.6 is 0 Å². The molecule has 0 aliphatic heterocycles. The van der Waals surface area contributed by atoms with Crippen LogP contribution in [0.4, 0.5) is 4.39 Å². The van der Waals surface area contributed by atoms with Crippen LogP contribution in [0.25, 0.3) is 0 Å². The lowest BCUT2D eigenvalue weighted by atomic mass is 10.00. The predicted molar refractivity (Wildman–Crippen MR) is 67.1 cm³/mol. The van der Waals surface area contributed by atoms with Crippen LogP contribution in [-0.4, -0.2) is 6.54 Å². The molecule has 0 aliphatic carbocycles. The van der Waals surface area contributed by atoms with Crippen LogP contribution < -0.4 is 5.32 Å². The van der Waals surface area contributed by atoms with E-state index >= 15 is 0 Å². The molecule has 0 saturated heterocycles. The van der Waals surface area contributed by atoms with Gasteiger partial charge in [0.1, 0.15) is 5.82 Å². The minimum Gasteiger partial charge on any atom is -0.310 e. The van der Waals surface area contributed by atoms with Crippen molar-refractivity contribution in [3.8, 4) is 0 Å². The van der Waals surface area contributed by atoms with Crippen molar-refractivity contribution in [3.05, 3.63) is 35.1 Å². The lowest BCUT2D eigenvalue weighted by molar-refractivity contribution is 0.490. The predicted octanol–water partition coefficient (Wildman–Crippen LogP) is 3.97. The number of rotatable bonds is 6. The Labute approximate surface area is 98.1 Å². The summed E-state index contributed by atoms with van der Waals surface area (Å²) in [7, 11) is 0. The van der Waals surface area contributed by atoms with Crippen molar-refractivity contribution in [2.75, 3.05) is 6.54 Å². The molecular weight excluding hydrogens is 201 g/mol. The lowest BCUT2D eigenvalue weighted by Crippen LogP contribution is -2.22. The molecule has 1 N–H and O–H groups in total. The zero-order valence-corrected chi connectivity index (χ0v) is 10.5. The standard InChI is InChI=1S/C14H22FN/c1-4-6-14(16-7-5-2)12-8-11(3)9-13(15)10-12/h8-10,14,16H,4-7H2,1-3H3. The summed E-state index contributed by atoms with van der Waals surface area (Å²) in [5.41, 5.74) is 2.07. The number of hydrogen-bond donors (Lipinski definition) is 1. The van der Waals surface area contributed by atoms with Crippen LogP contribution in [0.3, 0.4) is 0 Å². The highest BCUT2D eigenvalue weighted by atomic mass is 19.1. The van der Waals surface area contributed by atoms with Crippen molar-refractivity contribution in [3.63, 3.8) is 0 Å². The Balaban J connectivity index is 2.82. The average Bonchev–Trinajstić information content (AvgIpc) is 2.22. The first-order chi connectivity index (χ1) is 7.67. The molecule has 0 bridgehead atoms. The van der Waals surface area contributed by atoms with Crippen LogP contribution in [-0.2, 0) is 0 Å². The second-order valence-corrected chi connectivity index (χ2v) is 4.36. The fraction of sp³-hybridized carbons (Fsp3) is 0.571. The third-order valence-electron chi connectivity index (χ3n) is 2.68. The molecule has 0 saturated carbocycles. The molecule has 1 aromatic carbocycles. The van der Waals surface area contributed by atoms with Gasteiger partial charge in [-0.25, -0.2) is 4.39 Å². The Kier molecular flexibility index (Phi) is 5.47. The fourth-order valence-corrected chi connectivity index (χ4v) is 1.96. The van der Waals surface area contributed by atoms with E-state index in [4.69, 9.17) is 0 Å². The van der Waals surface area contributed by atoms with Crippen molar-refractivity contribution in [1.29, 1.82) is 0 Å². The molecule has 90 valence electrons. The zero-order chi connectivity index (χ0) is 12.0. The van der Waals surface area contributed by atoms with E-state index in [-0.39, 0.29) is 5.82 Å². The molecule has 0 spiro atoms. The molecule has 1 nitrogen and oxygen atoms in total. The SMILES string of the molecule is CCCNC(CCC)c1cc(C)cc(F)c1. The summed E-state index contributed by atoms with van der Waals surface area (Å²) in [5, 5.41) is 3.47. The molecule has 1 unspecified atom stereocenters. The summed E-state index contributed by atoms with van der Waals surface area (Å²) >= 11 is 0. The van der Waals surface area contributed by atoms with E-state index in [1.165, 1.54) is 0 Å². The van der Waals surface area contributed by atoms with Gasteiger partial charge in [-0.15, -0.1) is 0 Å². The van der Waals surface area contributed by atoms with Crippen molar-refractivity contribution in [2.45, 2.75) is 46.1 Å². The number of benzene rings is 1. The van der Waals surface area contributed by atoms with E-state index in [0.29, 0.717) is 6.04 Å². The maximum absolute atomic E-state index is 13.3. The summed E-state index contributed by atoms with van der Waals surface area (Å²) in [4.78, 5) is 0. The van der Waals surface area contributed by atoms with Gasteiger partial charge < -0.3 is 5.32 Å². The van der Waals surface area contributed by atoms with Gasteiger partial charge in [-0.3, -0.25) is 0 Å². The summed E-state index contributed by atoms with van der Waals surface area (Å²) in [6.45, 7) is 7.23. The maximum Gasteiger partial charge on any atom is 0.123 e. The summed E-state index contributed by atoms with van der Waals surface area (Å²) < 4.78 is 13.3. The van der Waals surface area contributed by atoms with E-state index in [2.05, 4.69) is 25.2 Å². The van der Waals surface area contributed by atoms with Crippen molar-refractivity contribution in [2.24, 2.45) is 0 Å². The first kappa shape index (κ1) is 13.2.